The van der Waals surface area contributed by atoms with Crippen molar-refractivity contribution < 1.29 is 17.7 Å². The number of benzene rings is 1. The Hall–Kier alpha value is -2.36. The summed E-state index contributed by atoms with van der Waals surface area (Å²) in [4.78, 5) is 14.7. The quantitative estimate of drug-likeness (QED) is 0.699. The highest BCUT2D eigenvalue weighted by atomic mass is 35.5. The molecule has 1 aromatic carbocycles. The SMILES string of the molecule is Cc1noc(/C=C/N(C)C)c1S(=O)(=O)N1CCC[C@@H](C(=O)Nc2cccc(Cl)c2C)C1. The molecule has 1 atom stereocenters. The third kappa shape index (κ3) is 5.11. The molecule has 1 aromatic heterocycles. The lowest BCUT2D eigenvalue weighted by atomic mass is 9.98. The Morgan fingerprint density at radius 3 is 2.81 bits per heavy atom. The monoisotopic (exact) mass is 466 g/mol. The second-order valence-corrected chi connectivity index (χ2v) is 10.1. The first-order chi connectivity index (χ1) is 14.6. The van der Waals surface area contributed by atoms with E-state index in [0.717, 1.165) is 5.56 Å². The highest BCUT2D eigenvalue weighted by Gasteiger charge is 2.37. The summed E-state index contributed by atoms with van der Waals surface area (Å²) in [5.74, 6) is -0.518. The molecule has 0 radical (unpaired) electrons. The van der Waals surface area contributed by atoms with Gasteiger partial charge in [0.15, 0.2) is 10.7 Å². The number of nitrogens with zero attached hydrogens (tertiary/aromatic N) is 3. The lowest BCUT2D eigenvalue weighted by Crippen LogP contribution is -2.44. The zero-order valence-corrected chi connectivity index (χ0v) is 19.6. The fraction of sp³-hybridized carbons (Fsp3) is 0.429. The summed E-state index contributed by atoms with van der Waals surface area (Å²) in [6.07, 6.45) is 4.45. The van der Waals surface area contributed by atoms with E-state index < -0.39 is 15.9 Å². The molecule has 2 heterocycles. The number of aromatic nitrogens is 1. The van der Waals surface area contributed by atoms with Crippen LogP contribution in [0.25, 0.3) is 6.08 Å². The smallest absolute Gasteiger partial charge is 0.248 e. The minimum Gasteiger partial charge on any atom is -0.383 e. The standard InChI is InChI=1S/C21H27ClN4O4S/c1-14-17(22)8-5-9-18(14)23-21(27)16-7-6-11-26(13-16)31(28,29)20-15(2)24-30-19(20)10-12-25(3)4/h5,8-10,12,16H,6-7,11,13H2,1-4H3,(H,23,27)/b12-10+/t16-/m1/s1. The maximum atomic E-state index is 13.4. The van der Waals surface area contributed by atoms with Crippen LogP contribution in [0.5, 0.6) is 0 Å². The molecule has 0 bridgehead atoms. The van der Waals surface area contributed by atoms with Crippen molar-refractivity contribution in [1.29, 1.82) is 0 Å². The number of amides is 1. The number of piperidine rings is 1. The Morgan fingerprint density at radius 1 is 1.35 bits per heavy atom. The van der Waals surface area contributed by atoms with Crippen molar-refractivity contribution >= 4 is 39.3 Å². The van der Waals surface area contributed by atoms with Crippen molar-refractivity contribution in [2.45, 2.75) is 31.6 Å². The first-order valence-corrected chi connectivity index (χ1v) is 11.8. The summed E-state index contributed by atoms with van der Waals surface area (Å²) in [7, 11) is -0.230. The third-order valence-corrected chi connectivity index (χ3v) is 7.67. The molecule has 0 saturated carbocycles. The average molecular weight is 467 g/mol. The van der Waals surface area contributed by atoms with Crippen LogP contribution in [-0.2, 0) is 14.8 Å². The summed E-state index contributed by atoms with van der Waals surface area (Å²) in [6, 6.07) is 5.30. The van der Waals surface area contributed by atoms with Gasteiger partial charge in [0.1, 0.15) is 5.69 Å². The van der Waals surface area contributed by atoms with E-state index in [9.17, 15) is 13.2 Å². The van der Waals surface area contributed by atoms with Crippen LogP contribution in [0.4, 0.5) is 5.69 Å². The Balaban J connectivity index is 1.81. The van der Waals surface area contributed by atoms with E-state index in [1.54, 1.807) is 42.3 Å². The zero-order valence-electron chi connectivity index (χ0n) is 18.1. The van der Waals surface area contributed by atoms with E-state index in [0.29, 0.717) is 35.8 Å². The van der Waals surface area contributed by atoms with Crippen molar-refractivity contribution in [3.8, 4) is 0 Å². The highest BCUT2D eigenvalue weighted by Crippen LogP contribution is 2.30. The van der Waals surface area contributed by atoms with Crippen LogP contribution in [-0.4, -0.2) is 55.9 Å². The van der Waals surface area contributed by atoms with Gasteiger partial charge in [0.25, 0.3) is 0 Å². The zero-order chi connectivity index (χ0) is 22.8. The topological polar surface area (TPSA) is 95.8 Å². The third-order valence-electron chi connectivity index (χ3n) is 5.24. The van der Waals surface area contributed by atoms with E-state index in [2.05, 4.69) is 10.5 Å². The van der Waals surface area contributed by atoms with Gasteiger partial charge in [-0.2, -0.15) is 4.31 Å². The molecule has 2 aromatic rings. The Labute approximate surface area is 187 Å². The summed E-state index contributed by atoms with van der Waals surface area (Å²) in [6.45, 7) is 3.85. The minimum atomic E-state index is -3.88. The second-order valence-electron chi connectivity index (χ2n) is 7.84. The van der Waals surface area contributed by atoms with Gasteiger partial charge < -0.3 is 14.7 Å². The molecule has 1 saturated heterocycles. The molecule has 0 aliphatic carbocycles. The highest BCUT2D eigenvalue weighted by molar-refractivity contribution is 7.89. The fourth-order valence-corrected chi connectivity index (χ4v) is 5.45. The molecule has 1 aliphatic heterocycles. The molecule has 0 unspecified atom stereocenters. The molecular formula is C21H27ClN4O4S. The van der Waals surface area contributed by atoms with Crippen molar-refractivity contribution in [2.75, 3.05) is 32.5 Å². The summed E-state index contributed by atoms with van der Waals surface area (Å²) < 4.78 is 33.4. The van der Waals surface area contributed by atoms with E-state index in [1.165, 1.54) is 4.31 Å². The maximum Gasteiger partial charge on any atom is 0.248 e. The summed E-state index contributed by atoms with van der Waals surface area (Å²) >= 11 is 6.14. The normalized spacial score (nSPS) is 17.8. The van der Waals surface area contributed by atoms with Crippen molar-refractivity contribution in [3.63, 3.8) is 0 Å². The predicted molar refractivity (Wildman–Crippen MR) is 120 cm³/mol. The van der Waals surface area contributed by atoms with Crippen molar-refractivity contribution in [3.05, 3.63) is 46.4 Å². The Morgan fingerprint density at radius 2 is 2.10 bits per heavy atom. The van der Waals surface area contributed by atoms with Crippen LogP contribution in [0.1, 0.15) is 29.9 Å². The van der Waals surface area contributed by atoms with Gasteiger partial charge in [-0.1, -0.05) is 22.8 Å². The number of carbonyl (C=O) groups excluding carboxylic acids is 1. The number of hydrogen-bond donors (Lipinski definition) is 1. The number of hydrogen-bond acceptors (Lipinski definition) is 6. The van der Waals surface area contributed by atoms with E-state index in [1.807, 2.05) is 21.0 Å². The lowest BCUT2D eigenvalue weighted by Gasteiger charge is -2.31. The molecule has 31 heavy (non-hydrogen) atoms. The minimum absolute atomic E-state index is 0.0392. The van der Waals surface area contributed by atoms with Gasteiger partial charge in [-0.25, -0.2) is 8.42 Å². The van der Waals surface area contributed by atoms with Gasteiger partial charge in [-0.05, 0) is 44.4 Å². The van der Waals surface area contributed by atoms with Crippen molar-refractivity contribution in [1.82, 2.24) is 14.4 Å². The number of nitrogens with one attached hydrogen (secondary N) is 1. The molecule has 1 N–H and O–H groups in total. The first kappa shape index (κ1) is 23.3. The average Bonchev–Trinajstić information content (AvgIpc) is 3.11. The van der Waals surface area contributed by atoms with E-state index >= 15 is 0 Å². The van der Waals surface area contributed by atoms with E-state index in [-0.39, 0.29) is 23.1 Å². The second kappa shape index (κ2) is 9.42. The molecule has 10 heteroatoms. The summed E-state index contributed by atoms with van der Waals surface area (Å²) in [5.41, 5.74) is 1.69. The maximum absolute atomic E-state index is 13.4. The Kier molecular flexibility index (Phi) is 7.08. The molecule has 1 fully saturated rings. The van der Waals surface area contributed by atoms with Gasteiger partial charge in [0.05, 0.1) is 5.92 Å². The van der Waals surface area contributed by atoms with Gasteiger partial charge in [-0.15, -0.1) is 0 Å². The number of aryl methyl sites for hydroxylation is 1. The lowest BCUT2D eigenvalue weighted by molar-refractivity contribution is -0.120. The molecule has 0 spiro atoms. The van der Waals surface area contributed by atoms with Crippen LogP contribution in [0.15, 0.2) is 33.8 Å². The van der Waals surface area contributed by atoms with Crippen molar-refractivity contribution in [2.24, 2.45) is 5.92 Å². The molecule has 8 nitrogen and oxygen atoms in total. The van der Waals surface area contributed by atoms with Gasteiger partial charge in [-0.3, -0.25) is 4.79 Å². The number of halogens is 1. The number of carbonyl (C=O) groups is 1. The number of rotatable bonds is 6. The van der Waals surface area contributed by atoms with Crippen LogP contribution in [0, 0.1) is 19.8 Å². The predicted octanol–water partition coefficient (Wildman–Crippen LogP) is 3.52. The summed E-state index contributed by atoms with van der Waals surface area (Å²) in [5, 5.41) is 7.29. The molecule has 3 rings (SSSR count). The molecule has 1 aliphatic rings. The molecule has 168 valence electrons. The van der Waals surface area contributed by atoms with Gasteiger partial charge in [0.2, 0.25) is 15.9 Å². The number of anilines is 1. The first-order valence-electron chi connectivity index (χ1n) is 9.98. The number of sulfonamides is 1. The van der Waals surface area contributed by atoms with E-state index in [4.69, 9.17) is 16.1 Å². The van der Waals surface area contributed by atoms with Gasteiger partial charge >= 0.3 is 0 Å². The van der Waals surface area contributed by atoms with Crippen LogP contribution in [0.2, 0.25) is 5.02 Å². The molecule has 1 amide bonds. The van der Waals surface area contributed by atoms with Crippen LogP contribution < -0.4 is 5.32 Å². The Bertz CT molecular complexity index is 1090. The van der Waals surface area contributed by atoms with Crippen LogP contribution in [0.3, 0.4) is 0 Å². The fourth-order valence-electron chi connectivity index (χ4n) is 3.50. The van der Waals surface area contributed by atoms with Gasteiger partial charge in [0, 0.05) is 50.2 Å². The van der Waals surface area contributed by atoms with Crippen LogP contribution >= 0.6 is 11.6 Å². The largest absolute Gasteiger partial charge is 0.383 e. The molecular weight excluding hydrogens is 440 g/mol.